The van der Waals surface area contributed by atoms with E-state index in [-0.39, 0.29) is 6.04 Å². The van der Waals surface area contributed by atoms with E-state index in [1.54, 1.807) is 11.3 Å². The number of nitrogens with two attached hydrogens (primary N) is 1. The Bertz CT molecular complexity index is 453. The first kappa shape index (κ1) is 12.2. The molecule has 0 aliphatic carbocycles. The molecule has 17 heavy (non-hydrogen) atoms. The predicted molar refractivity (Wildman–Crippen MR) is 71.7 cm³/mol. The van der Waals surface area contributed by atoms with Crippen LogP contribution in [0.25, 0.3) is 0 Å². The van der Waals surface area contributed by atoms with E-state index in [4.69, 9.17) is 5.84 Å². The summed E-state index contributed by atoms with van der Waals surface area (Å²) in [6, 6.07) is 4.35. The van der Waals surface area contributed by atoms with Crippen LogP contribution < -0.4 is 11.3 Å². The number of aromatic nitrogens is 1. The topological polar surface area (TPSA) is 50.9 Å². The average Bonchev–Trinajstić information content (AvgIpc) is 2.85. The van der Waals surface area contributed by atoms with Gasteiger partial charge in [-0.05, 0) is 59.3 Å². The number of hydrazine groups is 1. The van der Waals surface area contributed by atoms with Crippen LogP contribution in [-0.2, 0) is 6.42 Å². The van der Waals surface area contributed by atoms with Crippen LogP contribution in [0.2, 0.25) is 0 Å². The minimum atomic E-state index is 0.170. The maximum Gasteiger partial charge on any atom is 0.0481 e. The van der Waals surface area contributed by atoms with Gasteiger partial charge in [0.15, 0.2) is 0 Å². The molecule has 0 aliphatic rings. The van der Waals surface area contributed by atoms with Crippen LogP contribution in [0.1, 0.15) is 29.2 Å². The summed E-state index contributed by atoms with van der Waals surface area (Å²) in [5.41, 5.74) is 6.67. The highest BCUT2D eigenvalue weighted by Gasteiger charge is 2.12. The minimum Gasteiger partial charge on any atom is -0.271 e. The van der Waals surface area contributed by atoms with Crippen molar-refractivity contribution in [2.45, 2.75) is 25.8 Å². The second kappa shape index (κ2) is 5.91. The molecule has 0 bridgehead atoms. The van der Waals surface area contributed by atoms with Crippen molar-refractivity contribution in [1.82, 2.24) is 10.4 Å². The molecule has 4 heteroatoms. The van der Waals surface area contributed by atoms with Crippen molar-refractivity contribution in [3.05, 3.63) is 52.0 Å². The third kappa shape index (κ3) is 3.12. The average molecular weight is 247 g/mol. The molecule has 2 heterocycles. The maximum absolute atomic E-state index is 5.64. The summed E-state index contributed by atoms with van der Waals surface area (Å²) in [7, 11) is 0. The van der Waals surface area contributed by atoms with Gasteiger partial charge in [0, 0.05) is 18.4 Å². The summed E-state index contributed by atoms with van der Waals surface area (Å²) in [6.45, 7) is 2.09. The SMILES string of the molecule is Cc1ccncc1C(CCc1ccsc1)NN. The Labute approximate surface area is 106 Å². The number of hydrogen-bond acceptors (Lipinski definition) is 4. The lowest BCUT2D eigenvalue weighted by Crippen LogP contribution is -2.29. The van der Waals surface area contributed by atoms with Gasteiger partial charge in [-0.3, -0.25) is 16.3 Å². The summed E-state index contributed by atoms with van der Waals surface area (Å²) in [5, 5.41) is 4.29. The fourth-order valence-electron chi connectivity index (χ4n) is 1.92. The van der Waals surface area contributed by atoms with Crippen molar-refractivity contribution in [2.75, 3.05) is 0 Å². The Morgan fingerprint density at radius 1 is 1.47 bits per heavy atom. The highest BCUT2D eigenvalue weighted by atomic mass is 32.1. The van der Waals surface area contributed by atoms with Gasteiger partial charge < -0.3 is 0 Å². The van der Waals surface area contributed by atoms with Gasteiger partial charge in [-0.2, -0.15) is 11.3 Å². The lowest BCUT2D eigenvalue weighted by Gasteiger charge is -2.17. The quantitative estimate of drug-likeness (QED) is 0.630. The molecule has 0 fully saturated rings. The van der Waals surface area contributed by atoms with Crippen molar-refractivity contribution < 1.29 is 0 Å². The molecule has 0 amide bonds. The number of pyridine rings is 1. The van der Waals surface area contributed by atoms with Crippen molar-refractivity contribution in [3.63, 3.8) is 0 Å². The van der Waals surface area contributed by atoms with E-state index >= 15 is 0 Å². The number of aryl methyl sites for hydroxylation is 2. The molecular formula is C13H17N3S. The minimum absolute atomic E-state index is 0.170. The first-order valence-corrected chi connectivity index (χ1v) is 6.63. The fraction of sp³-hybridized carbons (Fsp3) is 0.308. The standard InChI is InChI=1S/C13H17N3S/c1-10-4-6-15-8-12(10)13(16-14)3-2-11-5-7-17-9-11/h4-9,13,16H,2-3,14H2,1H3. The molecule has 0 radical (unpaired) electrons. The van der Waals surface area contributed by atoms with Crippen LogP contribution in [0.15, 0.2) is 35.3 Å². The van der Waals surface area contributed by atoms with E-state index in [0.29, 0.717) is 0 Å². The Kier molecular flexibility index (Phi) is 4.25. The highest BCUT2D eigenvalue weighted by Crippen LogP contribution is 2.21. The lowest BCUT2D eigenvalue weighted by atomic mass is 9.99. The third-order valence-electron chi connectivity index (χ3n) is 2.96. The van der Waals surface area contributed by atoms with Crippen molar-refractivity contribution >= 4 is 11.3 Å². The Morgan fingerprint density at radius 3 is 3.00 bits per heavy atom. The van der Waals surface area contributed by atoms with Gasteiger partial charge in [0.2, 0.25) is 0 Å². The van der Waals surface area contributed by atoms with E-state index in [2.05, 4.69) is 34.2 Å². The van der Waals surface area contributed by atoms with E-state index in [1.807, 2.05) is 18.5 Å². The maximum atomic E-state index is 5.64. The molecule has 0 saturated carbocycles. The normalized spacial score (nSPS) is 12.6. The Morgan fingerprint density at radius 2 is 2.35 bits per heavy atom. The zero-order valence-electron chi connectivity index (χ0n) is 9.89. The van der Waals surface area contributed by atoms with E-state index in [1.165, 1.54) is 16.7 Å². The van der Waals surface area contributed by atoms with Crippen LogP contribution in [0, 0.1) is 6.92 Å². The molecule has 1 atom stereocenters. The Balaban J connectivity index is 2.04. The van der Waals surface area contributed by atoms with Crippen molar-refractivity contribution in [2.24, 2.45) is 5.84 Å². The summed E-state index contributed by atoms with van der Waals surface area (Å²) in [6.07, 6.45) is 5.73. The van der Waals surface area contributed by atoms with Crippen LogP contribution in [-0.4, -0.2) is 4.98 Å². The van der Waals surface area contributed by atoms with Gasteiger partial charge in [0.25, 0.3) is 0 Å². The van der Waals surface area contributed by atoms with E-state index in [0.717, 1.165) is 12.8 Å². The third-order valence-corrected chi connectivity index (χ3v) is 3.69. The lowest BCUT2D eigenvalue weighted by molar-refractivity contribution is 0.513. The van der Waals surface area contributed by atoms with Crippen LogP contribution >= 0.6 is 11.3 Å². The number of hydrogen-bond donors (Lipinski definition) is 2. The molecule has 2 rings (SSSR count). The zero-order chi connectivity index (χ0) is 12.1. The Hall–Kier alpha value is -1.23. The predicted octanol–water partition coefficient (Wildman–Crippen LogP) is 2.59. The molecule has 0 aromatic carbocycles. The van der Waals surface area contributed by atoms with Gasteiger partial charge in [-0.25, -0.2) is 0 Å². The molecule has 0 aliphatic heterocycles. The van der Waals surface area contributed by atoms with Gasteiger partial charge in [0.05, 0.1) is 0 Å². The first-order chi connectivity index (χ1) is 8.31. The van der Waals surface area contributed by atoms with E-state index < -0.39 is 0 Å². The van der Waals surface area contributed by atoms with Gasteiger partial charge in [0.1, 0.15) is 0 Å². The molecule has 0 spiro atoms. The summed E-state index contributed by atoms with van der Waals surface area (Å²) < 4.78 is 0. The zero-order valence-corrected chi connectivity index (χ0v) is 10.7. The molecule has 0 saturated heterocycles. The highest BCUT2D eigenvalue weighted by molar-refractivity contribution is 7.07. The van der Waals surface area contributed by atoms with Crippen molar-refractivity contribution in [3.8, 4) is 0 Å². The largest absolute Gasteiger partial charge is 0.271 e. The van der Waals surface area contributed by atoms with Crippen LogP contribution in [0.3, 0.4) is 0 Å². The monoisotopic (exact) mass is 247 g/mol. The summed E-state index contributed by atoms with van der Waals surface area (Å²) in [5.74, 6) is 5.64. The van der Waals surface area contributed by atoms with Gasteiger partial charge in [-0.15, -0.1) is 0 Å². The molecule has 3 N–H and O–H groups in total. The van der Waals surface area contributed by atoms with E-state index in [9.17, 15) is 0 Å². The van der Waals surface area contributed by atoms with Crippen LogP contribution in [0.5, 0.6) is 0 Å². The molecule has 90 valence electrons. The second-order valence-corrected chi connectivity index (χ2v) is 4.90. The smallest absolute Gasteiger partial charge is 0.0481 e. The molecule has 1 unspecified atom stereocenters. The number of thiophene rings is 1. The number of rotatable bonds is 5. The first-order valence-electron chi connectivity index (χ1n) is 5.69. The van der Waals surface area contributed by atoms with Crippen molar-refractivity contribution in [1.29, 1.82) is 0 Å². The molecular weight excluding hydrogens is 230 g/mol. The van der Waals surface area contributed by atoms with Gasteiger partial charge >= 0.3 is 0 Å². The molecule has 2 aromatic heterocycles. The van der Waals surface area contributed by atoms with Crippen LogP contribution in [0.4, 0.5) is 0 Å². The molecule has 3 nitrogen and oxygen atoms in total. The summed E-state index contributed by atoms with van der Waals surface area (Å²) in [4.78, 5) is 4.17. The second-order valence-electron chi connectivity index (χ2n) is 4.12. The summed E-state index contributed by atoms with van der Waals surface area (Å²) >= 11 is 1.73. The number of nitrogens with one attached hydrogen (secondary N) is 1. The number of nitrogens with zero attached hydrogens (tertiary/aromatic N) is 1. The molecule has 2 aromatic rings. The van der Waals surface area contributed by atoms with Gasteiger partial charge in [-0.1, -0.05) is 0 Å². The fourth-order valence-corrected chi connectivity index (χ4v) is 2.62.